The third-order valence-electron chi connectivity index (χ3n) is 6.40. The Morgan fingerprint density at radius 1 is 0.485 bits per heavy atom. The van der Waals surface area contributed by atoms with Gasteiger partial charge in [-0.15, -0.1) is 0 Å². The molecule has 0 aliphatic rings. The molecule has 0 N–H and O–H groups in total. The minimum absolute atomic E-state index is 1.15. The molecule has 0 saturated carbocycles. The van der Waals surface area contributed by atoms with Gasteiger partial charge in [-0.2, -0.15) is 0 Å². The second kappa shape index (κ2) is 7.99. The summed E-state index contributed by atoms with van der Waals surface area (Å²) in [6.45, 7) is 0. The molecule has 33 heavy (non-hydrogen) atoms. The van der Waals surface area contributed by atoms with E-state index in [0.717, 1.165) is 17.1 Å². The molecular formula is C31H24N2. The van der Waals surface area contributed by atoms with Crippen molar-refractivity contribution < 1.29 is 0 Å². The van der Waals surface area contributed by atoms with E-state index in [9.17, 15) is 0 Å². The number of anilines is 2. The van der Waals surface area contributed by atoms with E-state index in [1.165, 1.54) is 32.9 Å². The van der Waals surface area contributed by atoms with Crippen LogP contribution in [-0.4, -0.2) is 11.6 Å². The lowest BCUT2D eigenvalue weighted by atomic mass is 10.0. The van der Waals surface area contributed by atoms with Crippen molar-refractivity contribution in [3.63, 3.8) is 0 Å². The fraction of sp³-hybridized carbons (Fsp3) is 0.0323. The van der Waals surface area contributed by atoms with E-state index >= 15 is 0 Å². The van der Waals surface area contributed by atoms with Gasteiger partial charge in [-0.25, -0.2) is 0 Å². The van der Waals surface area contributed by atoms with Crippen molar-refractivity contribution in [1.82, 2.24) is 4.57 Å². The van der Waals surface area contributed by atoms with Gasteiger partial charge in [-0.1, -0.05) is 84.9 Å². The highest BCUT2D eigenvalue weighted by atomic mass is 15.1. The van der Waals surface area contributed by atoms with Crippen molar-refractivity contribution in [2.24, 2.45) is 0 Å². The molecule has 0 aliphatic carbocycles. The predicted octanol–water partition coefficient (Wildman–Crippen LogP) is 8.22. The smallest absolute Gasteiger partial charge is 0.0541 e. The molecule has 2 heteroatoms. The monoisotopic (exact) mass is 424 g/mol. The minimum Gasteiger partial charge on any atom is -0.345 e. The summed E-state index contributed by atoms with van der Waals surface area (Å²) >= 11 is 0. The van der Waals surface area contributed by atoms with Crippen LogP contribution in [0, 0.1) is 0 Å². The van der Waals surface area contributed by atoms with E-state index in [1.54, 1.807) is 0 Å². The molecule has 1 aromatic heterocycles. The second-order valence-corrected chi connectivity index (χ2v) is 8.36. The SMILES string of the molecule is CN(c1cccc(-c2ccccc2)c1)c1cccc(-n2c3ccccc3c3ccccc32)c1. The average molecular weight is 425 g/mol. The largest absolute Gasteiger partial charge is 0.345 e. The van der Waals surface area contributed by atoms with Gasteiger partial charge >= 0.3 is 0 Å². The van der Waals surface area contributed by atoms with Crippen LogP contribution in [-0.2, 0) is 0 Å². The molecule has 0 saturated heterocycles. The van der Waals surface area contributed by atoms with E-state index in [0.29, 0.717) is 0 Å². The Kier molecular flexibility index (Phi) is 4.70. The Balaban J connectivity index is 1.45. The number of benzene rings is 5. The lowest BCUT2D eigenvalue weighted by Gasteiger charge is -2.21. The number of para-hydroxylation sites is 2. The van der Waals surface area contributed by atoms with E-state index < -0.39 is 0 Å². The Morgan fingerprint density at radius 3 is 1.73 bits per heavy atom. The van der Waals surface area contributed by atoms with Crippen LogP contribution in [0.25, 0.3) is 38.6 Å². The molecule has 1 heterocycles. The summed E-state index contributed by atoms with van der Waals surface area (Å²) in [7, 11) is 2.13. The van der Waals surface area contributed by atoms with E-state index in [2.05, 4.69) is 144 Å². The first-order valence-electron chi connectivity index (χ1n) is 11.3. The Morgan fingerprint density at radius 2 is 1.03 bits per heavy atom. The van der Waals surface area contributed by atoms with Gasteiger partial charge in [0.15, 0.2) is 0 Å². The first kappa shape index (κ1) is 19.4. The number of hydrogen-bond acceptors (Lipinski definition) is 1. The zero-order valence-electron chi connectivity index (χ0n) is 18.5. The summed E-state index contributed by atoms with van der Waals surface area (Å²) in [5.41, 5.74) is 8.38. The van der Waals surface area contributed by atoms with Gasteiger partial charge in [-0.3, -0.25) is 0 Å². The lowest BCUT2D eigenvalue weighted by molar-refractivity contribution is 1.15. The van der Waals surface area contributed by atoms with Gasteiger partial charge in [-0.05, 0) is 53.6 Å². The summed E-state index contributed by atoms with van der Waals surface area (Å²) in [5, 5.41) is 2.56. The zero-order valence-corrected chi connectivity index (χ0v) is 18.5. The summed E-state index contributed by atoms with van der Waals surface area (Å²) in [6, 6.07) is 45.3. The predicted molar refractivity (Wildman–Crippen MR) is 141 cm³/mol. The standard InChI is InChI=1S/C31H24N2/c1-32(25-14-9-13-24(21-25)23-11-3-2-4-12-23)26-15-10-16-27(22-26)33-30-19-7-5-17-28(30)29-18-6-8-20-31(29)33/h2-22H,1H3. The van der Waals surface area contributed by atoms with Crippen LogP contribution in [0.5, 0.6) is 0 Å². The summed E-state index contributed by atoms with van der Waals surface area (Å²) in [4.78, 5) is 2.25. The van der Waals surface area contributed by atoms with Crippen molar-refractivity contribution in [2.75, 3.05) is 11.9 Å². The molecule has 6 rings (SSSR count). The molecule has 0 bridgehead atoms. The maximum Gasteiger partial charge on any atom is 0.0541 e. The highest BCUT2D eigenvalue weighted by molar-refractivity contribution is 6.09. The van der Waals surface area contributed by atoms with Crippen LogP contribution >= 0.6 is 0 Å². The molecule has 158 valence electrons. The number of aromatic nitrogens is 1. The number of hydrogen-bond donors (Lipinski definition) is 0. The topological polar surface area (TPSA) is 8.17 Å². The summed E-state index contributed by atoms with van der Waals surface area (Å²) in [6.07, 6.45) is 0. The maximum atomic E-state index is 2.36. The molecule has 6 aromatic rings. The molecule has 0 spiro atoms. The van der Waals surface area contributed by atoms with Crippen molar-refractivity contribution in [1.29, 1.82) is 0 Å². The maximum absolute atomic E-state index is 2.36. The number of nitrogens with zero attached hydrogens (tertiary/aromatic N) is 2. The molecular weight excluding hydrogens is 400 g/mol. The lowest BCUT2D eigenvalue weighted by Crippen LogP contribution is -2.10. The van der Waals surface area contributed by atoms with Crippen LogP contribution in [0.4, 0.5) is 11.4 Å². The Labute approximate surface area is 194 Å². The van der Waals surface area contributed by atoms with Gasteiger partial charge in [0.1, 0.15) is 0 Å². The first-order chi connectivity index (χ1) is 16.3. The molecule has 0 unspecified atom stereocenters. The van der Waals surface area contributed by atoms with Gasteiger partial charge in [0.25, 0.3) is 0 Å². The summed E-state index contributed by atoms with van der Waals surface area (Å²) in [5.74, 6) is 0. The highest BCUT2D eigenvalue weighted by Crippen LogP contribution is 2.34. The van der Waals surface area contributed by atoms with Crippen LogP contribution in [0.3, 0.4) is 0 Å². The van der Waals surface area contributed by atoms with Crippen molar-refractivity contribution in [3.05, 3.63) is 127 Å². The molecule has 5 aromatic carbocycles. The van der Waals surface area contributed by atoms with Crippen LogP contribution in [0.15, 0.2) is 127 Å². The first-order valence-corrected chi connectivity index (χ1v) is 11.3. The number of rotatable bonds is 4. The van der Waals surface area contributed by atoms with Gasteiger partial charge < -0.3 is 9.47 Å². The van der Waals surface area contributed by atoms with E-state index in [-0.39, 0.29) is 0 Å². The highest BCUT2D eigenvalue weighted by Gasteiger charge is 2.13. The fourth-order valence-corrected chi connectivity index (χ4v) is 4.72. The minimum atomic E-state index is 1.15. The second-order valence-electron chi connectivity index (χ2n) is 8.36. The van der Waals surface area contributed by atoms with Gasteiger partial charge in [0.05, 0.1) is 11.0 Å². The molecule has 0 amide bonds. The average Bonchev–Trinajstić information content (AvgIpc) is 3.23. The van der Waals surface area contributed by atoms with Gasteiger partial charge in [0, 0.05) is 34.9 Å². The third-order valence-corrected chi connectivity index (χ3v) is 6.40. The molecule has 0 atom stereocenters. The quantitative estimate of drug-likeness (QED) is 0.277. The summed E-state index contributed by atoms with van der Waals surface area (Å²) < 4.78 is 2.36. The molecule has 2 nitrogen and oxygen atoms in total. The van der Waals surface area contributed by atoms with Crippen LogP contribution < -0.4 is 4.90 Å². The van der Waals surface area contributed by atoms with Crippen molar-refractivity contribution in [2.45, 2.75) is 0 Å². The fourth-order valence-electron chi connectivity index (χ4n) is 4.72. The molecule has 0 fully saturated rings. The Bertz CT molecular complexity index is 1520. The van der Waals surface area contributed by atoms with E-state index in [4.69, 9.17) is 0 Å². The van der Waals surface area contributed by atoms with Crippen LogP contribution in [0.2, 0.25) is 0 Å². The van der Waals surface area contributed by atoms with Crippen LogP contribution in [0.1, 0.15) is 0 Å². The van der Waals surface area contributed by atoms with Gasteiger partial charge in [0.2, 0.25) is 0 Å². The number of fused-ring (bicyclic) bond motifs is 3. The Hall–Kier alpha value is -4.30. The van der Waals surface area contributed by atoms with E-state index in [1.807, 2.05) is 0 Å². The zero-order chi connectivity index (χ0) is 22.2. The van der Waals surface area contributed by atoms with Crippen molar-refractivity contribution in [3.8, 4) is 16.8 Å². The normalized spacial score (nSPS) is 11.2. The molecule has 0 radical (unpaired) electrons. The third kappa shape index (κ3) is 3.37. The molecule has 0 aliphatic heterocycles. The van der Waals surface area contributed by atoms with Crippen molar-refractivity contribution >= 4 is 33.2 Å².